The van der Waals surface area contributed by atoms with Crippen molar-refractivity contribution in [3.63, 3.8) is 0 Å². The predicted octanol–water partition coefficient (Wildman–Crippen LogP) is -1.57. The molecule has 0 aromatic rings. The van der Waals surface area contributed by atoms with E-state index >= 15 is 0 Å². The summed E-state index contributed by atoms with van der Waals surface area (Å²) in [4.78, 5) is 2.21. The zero-order chi connectivity index (χ0) is 10.2. The quantitative estimate of drug-likeness (QED) is 0.601. The van der Waals surface area contributed by atoms with Gasteiger partial charge in [-0.3, -0.25) is 0 Å². The van der Waals surface area contributed by atoms with Gasteiger partial charge in [0.25, 0.3) is 0 Å². The van der Waals surface area contributed by atoms with Crippen molar-refractivity contribution in [3.8, 4) is 0 Å². The molecule has 2 saturated heterocycles. The molecule has 2 aliphatic rings. The molecule has 2 rings (SSSR count). The van der Waals surface area contributed by atoms with Gasteiger partial charge < -0.3 is 10.2 Å². The molecule has 5 nitrogen and oxygen atoms in total. The van der Waals surface area contributed by atoms with Crippen LogP contribution in [0.25, 0.3) is 0 Å². The molecule has 2 heterocycles. The number of nitrogens with two attached hydrogens (primary N) is 1. The Morgan fingerprint density at radius 3 is 2.36 bits per heavy atom. The second-order valence-electron chi connectivity index (χ2n) is 4.30. The molecule has 0 saturated carbocycles. The van der Waals surface area contributed by atoms with Crippen LogP contribution in [0, 0.1) is 11.8 Å². The zero-order valence-corrected chi connectivity index (χ0v) is 8.96. The number of fused-ring (bicyclic) bond motifs is 1. The lowest BCUT2D eigenvalue weighted by atomic mass is 10.0. The van der Waals surface area contributed by atoms with Gasteiger partial charge in [0.15, 0.2) is 0 Å². The van der Waals surface area contributed by atoms with Crippen LogP contribution in [0.1, 0.15) is 0 Å². The monoisotopic (exact) mass is 219 g/mol. The fourth-order valence-electron chi connectivity index (χ4n) is 2.39. The highest BCUT2D eigenvalue weighted by Crippen LogP contribution is 2.25. The maximum Gasteiger partial charge on any atom is 0.210 e. The summed E-state index contributed by atoms with van der Waals surface area (Å²) in [6.07, 6.45) is 0. The standard InChI is InChI=1S/C8H17N3O2S/c9-14(12,13)2-1-11-5-7-3-10-4-8(7)6-11/h7-8,10H,1-6H2,(H2,9,12,13). The summed E-state index contributed by atoms with van der Waals surface area (Å²) in [7, 11) is -3.29. The maximum atomic E-state index is 10.8. The van der Waals surface area contributed by atoms with Gasteiger partial charge >= 0.3 is 0 Å². The van der Waals surface area contributed by atoms with Gasteiger partial charge in [-0.05, 0) is 24.9 Å². The number of nitrogens with one attached hydrogen (secondary N) is 1. The minimum absolute atomic E-state index is 0.0832. The Kier molecular flexibility index (Phi) is 2.79. The van der Waals surface area contributed by atoms with Crippen LogP contribution in [-0.4, -0.2) is 51.8 Å². The molecule has 0 amide bonds. The van der Waals surface area contributed by atoms with E-state index in [0.29, 0.717) is 6.54 Å². The number of hydrogen-bond acceptors (Lipinski definition) is 4. The first kappa shape index (κ1) is 10.4. The van der Waals surface area contributed by atoms with Crippen LogP contribution in [0.3, 0.4) is 0 Å². The maximum absolute atomic E-state index is 10.8. The van der Waals surface area contributed by atoms with Gasteiger partial charge in [-0.25, -0.2) is 13.6 Å². The van der Waals surface area contributed by atoms with Crippen LogP contribution in [0.4, 0.5) is 0 Å². The third kappa shape index (κ3) is 2.44. The molecule has 2 atom stereocenters. The summed E-state index contributed by atoms with van der Waals surface area (Å²) in [6, 6.07) is 0. The van der Waals surface area contributed by atoms with Gasteiger partial charge in [-0.2, -0.15) is 0 Å². The van der Waals surface area contributed by atoms with E-state index < -0.39 is 10.0 Å². The molecule has 2 unspecified atom stereocenters. The highest BCUT2D eigenvalue weighted by Gasteiger charge is 2.35. The molecule has 2 fully saturated rings. The van der Waals surface area contributed by atoms with E-state index in [1.165, 1.54) is 0 Å². The van der Waals surface area contributed by atoms with Crippen molar-refractivity contribution in [3.05, 3.63) is 0 Å². The molecule has 82 valence electrons. The molecule has 2 aliphatic heterocycles. The molecule has 0 radical (unpaired) electrons. The van der Waals surface area contributed by atoms with Crippen LogP contribution >= 0.6 is 0 Å². The van der Waals surface area contributed by atoms with Gasteiger partial charge in [-0.1, -0.05) is 0 Å². The fraction of sp³-hybridized carbons (Fsp3) is 1.00. The summed E-state index contributed by atoms with van der Waals surface area (Å²) in [5, 5.41) is 8.31. The lowest BCUT2D eigenvalue weighted by Crippen LogP contribution is -2.32. The van der Waals surface area contributed by atoms with Crippen molar-refractivity contribution in [1.29, 1.82) is 0 Å². The van der Waals surface area contributed by atoms with Gasteiger partial charge in [0.05, 0.1) is 5.75 Å². The number of sulfonamides is 1. The predicted molar refractivity (Wildman–Crippen MR) is 54.3 cm³/mol. The average Bonchev–Trinajstić information content (AvgIpc) is 2.56. The average molecular weight is 219 g/mol. The van der Waals surface area contributed by atoms with Crippen LogP contribution in [0.15, 0.2) is 0 Å². The first-order chi connectivity index (χ1) is 6.54. The number of nitrogens with zero attached hydrogens (tertiary/aromatic N) is 1. The first-order valence-corrected chi connectivity index (χ1v) is 6.70. The van der Waals surface area contributed by atoms with Crippen molar-refractivity contribution in [2.75, 3.05) is 38.5 Å². The van der Waals surface area contributed by atoms with Crippen molar-refractivity contribution < 1.29 is 8.42 Å². The molecule has 6 heteroatoms. The van der Waals surface area contributed by atoms with Crippen LogP contribution in [0.5, 0.6) is 0 Å². The van der Waals surface area contributed by atoms with E-state index in [0.717, 1.165) is 38.0 Å². The molecular weight excluding hydrogens is 202 g/mol. The number of likely N-dealkylation sites (tertiary alicyclic amines) is 1. The van der Waals surface area contributed by atoms with Gasteiger partial charge in [-0.15, -0.1) is 0 Å². The van der Waals surface area contributed by atoms with Gasteiger partial charge in [0.2, 0.25) is 10.0 Å². The van der Waals surface area contributed by atoms with E-state index in [1.807, 2.05) is 0 Å². The second-order valence-corrected chi connectivity index (χ2v) is 6.04. The van der Waals surface area contributed by atoms with Gasteiger partial charge in [0, 0.05) is 19.6 Å². The van der Waals surface area contributed by atoms with Crippen molar-refractivity contribution in [1.82, 2.24) is 10.2 Å². The van der Waals surface area contributed by atoms with E-state index in [4.69, 9.17) is 5.14 Å². The van der Waals surface area contributed by atoms with E-state index in [9.17, 15) is 8.42 Å². The second kappa shape index (κ2) is 3.77. The van der Waals surface area contributed by atoms with Crippen molar-refractivity contribution in [2.45, 2.75) is 0 Å². The first-order valence-electron chi connectivity index (χ1n) is 4.98. The summed E-state index contributed by atoms with van der Waals surface area (Å²) in [6.45, 7) is 4.79. The third-order valence-corrected chi connectivity index (χ3v) is 3.91. The summed E-state index contributed by atoms with van der Waals surface area (Å²) in [5.41, 5.74) is 0. The largest absolute Gasteiger partial charge is 0.316 e. The molecule has 14 heavy (non-hydrogen) atoms. The Bertz CT molecular complexity index is 292. The van der Waals surface area contributed by atoms with Crippen LogP contribution < -0.4 is 10.5 Å². The highest BCUT2D eigenvalue weighted by molar-refractivity contribution is 7.89. The Morgan fingerprint density at radius 1 is 1.29 bits per heavy atom. The number of hydrogen-bond donors (Lipinski definition) is 2. The molecular formula is C8H17N3O2S. The molecule has 0 spiro atoms. The summed E-state index contributed by atoms with van der Waals surface area (Å²) in [5.74, 6) is 1.52. The third-order valence-electron chi connectivity index (χ3n) is 3.16. The lowest BCUT2D eigenvalue weighted by Gasteiger charge is -2.15. The Labute approximate surface area is 84.7 Å². The molecule has 3 N–H and O–H groups in total. The fourth-order valence-corrected chi connectivity index (χ4v) is 2.90. The Morgan fingerprint density at radius 2 is 1.86 bits per heavy atom. The Hall–Kier alpha value is -0.170. The molecule has 0 bridgehead atoms. The van der Waals surface area contributed by atoms with Crippen LogP contribution in [0.2, 0.25) is 0 Å². The van der Waals surface area contributed by atoms with E-state index in [-0.39, 0.29) is 5.75 Å². The van der Waals surface area contributed by atoms with Crippen LogP contribution in [-0.2, 0) is 10.0 Å². The van der Waals surface area contributed by atoms with Gasteiger partial charge in [0.1, 0.15) is 0 Å². The van der Waals surface area contributed by atoms with Crippen molar-refractivity contribution >= 4 is 10.0 Å². The lowest BCUT2D eigenvalue weighted by molar-refractivity contribution is 0.331. The zero-order valence-electron chi connectivity index (χ0n) is 8.15. The minimum Gasteiger partial charge on any atom is -0.316 e. The van der Waals surface area contributed by atoms with E-state index in [1.54, 1.807) is 0 Å². The smallest absolute Gasteiger partial charge is 0.210 e. The molecule has 0 aromatic carbocycles. The number of primary sulfonamides is 1. The molecule has 0 aliphatic carbocycles. The summed E-state index contributed by atoms with van der Waals surface area (Å²) >= 11 is 0. The Balaban J connectivity index is 1.80. The topological polar surface area (TPSA) is 75.4 Å². The highest BCUT2D eigenvalue weighted by atomic mass is 32.2. The normalized spacial score (nSPS) is 33.5. The molecule has 0 aromatic heterocycles. The van der Waals surface area contributed by atoms with Crippen molar-refractivity contribution in [2.24, 2.45) is 17.0 Å². The number of rotatable bonds is 3. The SMILES string of the molecule is NS(=O)(=O)CCN1CC2CNCC2C1. The summed E-state index contributed by atoms with van der Waals surface area (Å²) < 4.78 is 21.5. The minimum atomic E-state index is -3.29. The van der Waals surface area contributed by atoms with E-state index in [2.05, 4.69) is 10.2 Å².